The topological polar surface area (TPSA) is 237 Å². The summed E-state index contributed by atoms with van der Waals surface area (Å²) in [6, 6.07) is 0. The fourth-order valence-corrected chi connectivity index (χ4v) is 9.98. The summed E-state index contributed by atoms with van der Waals surface area (Å²) in [6.45, 7) is 4.60. The van der Waals surface area contributed by atoms with Gasteiger partial charge in [0, 0.05) is 25.7 Å². The second-order valence-electron chi connectivity index (χ2n) is 20.7. The number of carbonyl (C=O) groups is 4. The lowest BCUT2D eigenvalue weighted by Crippen LogP contribution is -2.30. The van der Waals surface area contributed by atoms with E-state index in [0.29, 0.717) is 25.7 Å². The van der Waals surface area contributed by atoms with Crippen molar-refractivity contribution in [3.8, 4) is 0 Å². The molecule has 0 aromatic carbocycles. The Hall–Kier alpha value is -1.94. The second kappa shape index (κ2) is 52.4. The van der Waals surface area contributed by atoms with Crippen LogP contribution in [0.5, 0.6) is 0 Å². The summed E-state index contributed by atoms with van der Waals surface area (Å²) >= 11 is 0. The molecule has 0 aliphatic rings. The van der Waals surface area contributed by atoms with Crippen LogP contribution < -0.4 is 0 Å². The molecule has 0 radical (unpaired) electrons. The van der Waals surface area contributed by atoms with Crippen molar-refractivity contribution in [2.24, 2.45) is 0 Å². The number of hydrogen-bond acceptors (Lipinski definition) is 15. The summed E-state index contributed by atoms with van der Waals surface area (Å²) < 4.78 is 67.2. The van der Waals surface area contributed by atoms with Crippen LogP contribution in [-0.2, 0) is 65.4 Å². The zero-order chi connectivity index (χ0) is 56.2. The fourth-order valence-electron chi connectivity index (χ4n) is 8.40. The SMILES string of the molecule is CCCCCCCCCCCCCCCCCC(=O)OC[C@H](COP(=O)(O)OC[C@@H](O)COP(=O)(O)OC[C@@H](COC(=O)CCCCC)OC(=O)CCCCCCCC)OC(=O)CCCCCCCCCCCCCC. The molecule has 0 heterocycles. The molecule has 0 saturated carbocycles. The third-order valence-corrected chi connectivity index (χ3v) is 15.0. The lowest BCUT2D eigenvalue weighted by Gasteiger charge is -2.21. The number of rotatable bonds is 58. The molecule has 17 nitrogen and oxygen atoms in total. The minimum Gasteiger partial charge on any atom is -0.462 e. The van der Waals surface area contributed by atoms with E-state index in [1.165, 1.54) is 116 Å². The monoisotopic (exact) mass is 1130 g/mol. The van der Waals surface area contributed by atoms with Gasteiger partial charge in [0.05, 0.1) is 26.4 Å². The quantitative estimate of drug-likeness (QED) is 0.0222. The van der Waals surface area contributed by atoms with Gasteiger partial charge >= 0.3 is 39.5 Å². The summed E-state index contributed by atoms with van der Waals surface area (Å²) in [5.41, 5.74) is 0. The summed E-state index contributed by atoms with van der Waals surface area (Å²) in [7, 11) is -9.85. The van der Waals surface area contributed by atoms with E-state index < -0.39 is 97.5 Å². The molecule has 0 spiro atoms. The average molecular weight is 1130 g/mol. The van der Waals surface area contributed by atoms with Crippen molar-refractivity contribution in [2.45, 2.75) is 303 Å². The number of phosphoric acid groups is 2. The van der Waals surface area contributed by atoms with Crippen molar-refractivity contribution in [2.75, 3.05) is 39.6 Å². The van der Waals surface area contributed by atoms with Crippen molar-refractivity contribution in [1.29, 1.82) is 0 Å². The molecule has 0 rings (SSSR count). The van der Waals surface area contributed by atoms with Crippen LogP contribution in [0.15, 0.2) is 0 Å². The van der Waals surface area contributed by atoms with Gasteiger partial charge in [0.15, 0.2) is 12.2 Å². The molecule has 76 heavy (non-hydrogen) atoms. The van der Waals surface area contributed by atoms with E-state index in [9.17, 15) is 43.2 Å². The van der Waals surface area contributed by atoms with Crippen molar-refractivity contribution >= 4 is 39.5 Å². The minimum atomic E-state index is -4.93. The van der Waals surface area contributed by atoms with Gasteiger partial charge in [0.25, 0.3) is 0 Å². The molecule has 450 valence electrons. The molecule has 2 unspecified atom stereocenters. The Morgan fingerprint density at radius 2 is 0.526 bits per heavy atom. The van der Waals surface area contributed by atoms with Crippen molar-refractivity contribution in [3.63, 3.8) is 0 Å². The maximum atomic E-state index is 12.9. The van der Waals surface area contributed by atoms with Gasteiger partial charge in [0.1, 0.15) is 19.3 Å². The molecule has 0 aromatic rings. The number of unbranched alkanes of at least 4 members (excludes halogenated alkanes) is 32. The van der Waals surface area contributed by atoms with Crippen LogP contribution in [0.1, 0.15) is 285 Å². The summed E-state index contributed by atoms with van der Waals surface area (Å²) in [4.78, 5) is 71.2. The molecule has 0 fully saturated rings. The summed E-state index contributed by atoms with van der Waals surface area (Å²) in [5.74, 6) is -2.17. The van der Waals surface area contributed by atoms with Gasteiger partial charge in [0.2, 0.25) is 0 Å². The Morgan fingerprint density at radius 1 is 0.316 bits per heavy atom. The van der Waals surface area contributed by atoms with Gasteiger partial charge in [-0.15, -0.1) is 0 Å². The number of aliphatic hydroxyl groups is 1. The standard InChI is InChI=1S/C57H110O17P2/c1-5-9-13-16-19-21-23-25-26-27-29-30-32-35-38-42-55(60)68-48-53(74-57(62)44-40-36-33-31-28-24-22-20-17-14-10-6-2)50-72-76(65,66)70-46-51(58)45-69-75(63,64)71-49-52(47-67-54(59)41-37-12-8-4)73-56(61)43-39-34-18-15-11-7-3/h51-53,58H,5-50H2,1-4H3,(H,63,64)(H,65,66)/t51-,52+,53+/m0/s1. The van der Waals surface area contributed by atoms with E-state index >= 15 is 0 Å². The Morgan fingerprint density at radius 3 is 0.803 bits per heavy atom. The predicted molar refractivity (Wildman–Crippen MR) is 299 cm³/mol. The Labute approximate surface area is 460 Å². The van der Waals surface area contributed by atoms with Crippen LogP contribution in [0.25, 0.3) is 0 Å². The number of phosphoric ester groups is 2. The first kappa shape index (κ1) is 74.1. The zero-order valence-corrected chi connectivity index (χ0v) is 50.0. The molecule has 3 N–H and O–H groups in total. The normalized spacial score (nSPS) is 14.4. The highest BCUT2D eigenvalue weighted by Crippen LogP contribution is 2.45. The van der Waals surface area contributed by atoms with Gasteiger partial charge in [-0.2, -0.15) is 0 Å². The molecule has 0 saturated heterocycles. The molecule has 0 aliphatic heterocycles. The van der Waals surface area contributed by atoms with E-state index in [0.717, 1.165) is 89.9 Å². The van der Waals surface area contributed by atoms with Crippen molar-refractivity contribution < 1.29 is 80.2 Å². The van der Waals surface area contributed by atoms with Crippen LogP contribution in [0.4, 0.5) is 0 Å². The third kappa shape index (κ3) is 51.5. The highest BCUT2D eigenvalue weighted by molar-refractivity contribution is 7.47. The molecule has 0 aromatic heterocycles. The first-order chi connectivity index (χ1) is 36.7. The van der Waals surface area contributed by atoms with Crippen molar-refractivity contribution in [3.05, 3.63) is 0 Å². The highest BCUT2D eigenvalue weighted by Gasteiger charge is 2.30. The smallest absolute Gasteiger partial charge is 0.462 e. The van der Waals surface area contributed by atoms with Crippen LogP contribution >= 0.6 is 15.6 Å². The minimum absolute atomic E-state index is 0.101. The molecule has 0 bridgehead atoms. The van der Waals surface area contributed by atoms with E-state index in [-0.39, 0.29) is 25.7 Å². The Kier molecular flexibility index (Phi) is 51.1. The summed E-state index contributed by atoms with van der Waals surface area (Å²) in [6.07, 6.45) is 35.9. The largest absolute Gasteiger partial charge is 0.472 e. The molecule has 5 atom stereocenters. The lowest BCUT2D eigenvalue weighted by molar-refractivity contribution is -0.161. The number of ether oxygens (including phenoxy) is 4. The maximum Gasteiger partial charge on any atom is 0.472 e. The van der Waals surface area contributed by atoms with Crippen LogP contribution in [0.3, 0.4) is 0 Å². The Balaban J connectivity index is 5.08. The lowest BCUT2D eigenvalue weighted by atomic mass is 10.0. The first-order valence-corrected chi connectivity index (χ1v) is 33.3. The zero-order valence-electron chi connectivity index (χ0n) is 48.2. The summed E-state index contributed by atoms with van der Waals surface area (Å²) in [5, 5.41) is 10.4. The van der Waals surface area contributed by atoms with E-state index in [1.54, 1.807) is 0 Å². The highest BCUT2D eigenvalue weighted by atomic mass is 31.2. The predicted octanol–water partition coefficient (Wildman–Crippen LogP) is 15.2. The van der Waals surface area contributed by atoms with Gasteiger partial charge in [-0.1, -0.05) is 233 Å². The van der Waals surface area contributed by atoms with Gasteiger partial charge < -0.3 is 33.8 Å². The van der Waals surface area contributed by atoms with E-state index in [2.05, 4.69) is 20.8 Å². The van der Waals surface area contributed by atoms with Gasteiger partial charge in [-0.3, -0.25) is 37.3 Å². The molecular formula is C57H110O17P2. The Bertz CT molecular complexity index is 1490. The molecular weight excluding hydrogens is 1020 g/mol. The van der Waals surface area contributed by atoms with Crippen LogP contribution in [0, 0.1) is 0 Å². The van der Waals surface area contributed by atoms with Gasteiger partial charge in [-0.05, 0) is 25.7 Å². The van der Waals surface area contributed by atoms with E-state index in [4.69, 9.17) is 37.0 Å². The van der Waals surface area contributed by atoms with Crippen LogP contribution in [0.2, 0.25) is 0 Å². The number of hydrogen-bond donors (Lipinski definition) is 3. The van der Waals surface area contributed by atoms with E-state index in [1.807, 2.05) is 6.92 Å². The van der Waals surface area contributed by atoms with Gasteiger partial charge in [-0.25, -0.2) is 9.13 Å². The molecule has 0 amide bonds. The fraction of sp³-hybridized carbons (Fsp3) is 0.930. The number of esters is 4. The first-order valence-electron chi connectivity index (χ1n) is 30.3. The molecule has 0 aliphatic carbocycles. The second-order valence-corrected chi connectivity index (χ2v) is 23.6. The number of carbonyl (C=O) groups excluding carboxylic acids is 4. The third-order valence-electron chi connectivity index (χ3n) is 13.1. The maximum absolute atomic E-state index is 12.9. The average Bonchev–Trinajstić information content (AvgIpc) is 3.39. The van der Waals surface area contributed by atoms with Crippen molar-refractivity contribution in [1.82, 2.24) is 0 Å². The molecule has 19 heteroatoms. The number of aliphatic hydroxyl groups excluding tert-OH is 1. The van der Waals surface area contributed by atoms with Crippen LogP contribution in [-0.4, -0.2) is 96.7 Å².